The van der Waals surface area contributed by atoms with Gasteiger partial charge in [0.25, 0.3) is 0 Å². The molecule has 5 rings (SSSR count). The molecule has 7 N–H and O–H groups in total. The van der Waals surface area contributed by atoms with Gasteiger partial charge in [-0.15, -0.1) is 0 Å². The Morgan fingerprint density at radius 2 is 1.65 bits per heavy atom. The Kier molecular flexibility index (Phi) is 13.3. The third-order valence-corrected chi connectivity index (χ3v) is 11.0. The van der Waals surface area contributed by atoms with E-state index < -0.39 is 0 Å². The van der Waals surface area contributed by atoms with Crippen molar-refractivity contribution >= 4 is 28.2 Å². The first-order valence-electron chi connectivity index (χ1n) is 19.0. The number of benzene rings is 3. The lowest BCUT2D eigenvalue weighted by molar-refractivity contribution is 0.167. The van der Waals surface area contributed by atoms with E-state index in [1.807, 2.05) is 42.6 Å². The maximum Gasteiger partial charge on any atom is 0.101 e. The van der Waals surface area contributed by atoms with Crippen molar-refractivity contribution in [3.05, 3.63) is 150 Å². The maximum absolute atomic E-state index is 6.39. The molecule has 1 atom stereocenters. The van der Waals surface area contributed by atoms with Gasteiger partial charge in [-0.2, -0.15) is 0 Å². The summed E-state index contributed by atoms with van der Waals surface area (Å²) in [6, 6.07) is 26.2. The highest BCUT2D eigenvalue weighted by molar-refractivity contribution is 5.84. The smallest absolute Gasteiger partial charge is 0.101 e. The summed E-state index contributed by atoms with van der Waals surface area (Å²) in [5, 5.41) is 3.91. The molecule has 0 amide bonds. The summed E-state index contributed by atoms with van der Waals surface area (Å²) in [6.45, 7) is 21.6. The highest BCUT2D eigenvalue weighted by Gasteiger charge is 2.28. The van der Waals surface area contributed by atoms with Gasteiger partial charge in [0.1, 0.15) is 5.82 Å². The Bertz CT molecular complexity index is 1790. The van der Waals surface area contributed by atoms with Crippen LogP contribution < -0.4 is 22.5 Å². The van der Waals surface area contributed by atoms with Gasteiger partial charge in [-0.1, -0.05) is 118 Å². The first-order chi connectivity index (χ1) is 25.1. The van der Waals surface area contributed by atoms with Gasteiger partial charge in [0.15, 0.2) is 0 Å². The van der Waals surface area contributed by atoms with Gasteiger partial charge in [0, 0.05) is 53.4 Å². The monoisotopic (exact) mass is 696 g/mol. The number of hydrogen-bond acceptors (Lipinski definition) is 6. The predicted octanol–water partition coefficient (Wildman–Crippen LogP) is 9.64. The molecule has 52 heavy (non-hydrogen) atoms. The minimum atomic E-state index is 0.206. The molecule has 0 radical (unpaired) electrons. The Morgan fingerprint density at radius 1 is 0.942 bits per heavy atom. The van der Waals surface area contributed by atoms with Crippen LogP contribution in [0.2, 0.25) is 0 Å². The number of allylic oxidation sites excluding steroid dienone is 2. The van der Waals surface area contributed by atoms with Crippen molar-refractivity contribution in [2.75, 3.05) is 18.4 Å². The molecule has 1 aliphatic heterocycles. The van der Waals surface area contributed by atoms with Gasteiger partial charge >= 0.3 is 0 Å². The molecule has 274 valence electrons. The fraction of sp³-hybridized carbons (Fsp3) is 0.348. The van der Waals surface area contributed by atoms with Crippen molar-refractivity contribution in [3.63, 3.8) is 0 Å². The lowest BCUT2D eigenvalue weighted by Gasteiger charge is -2.39. The van der Waals surface area contributed by atoms with Crippen molar-refractivity contribution in [1.82, 2.24) is 9.80 Å². The van der Waals surface area contributed by atoms with Crippen molar-refractivity contribution < 1.29 is 0 Å². The SMILES string of the molecule is C=CN(C(=C)c1cccc(NC2CCC(N3CC=C(c4ccc(C(/C=C(\N)c5ccccc5)=C(N)N)cc4)CC3)CC2)c1C)C(CCCC)C(=C)C. The van der Waals surface area contributed by atoms with E-state index in [4.69, 9.17) is 17.2 Å². The van der Waals surface area contributed by atoms with Crippen LogP contribution in [-0.4, -0.2) is 41.0 Å². The zero-order valence-electron chi connectivity index (χ0n) is 31.7. The number of nitrogens with two attached hydrogens (primary N) is 3. The van der Waals surface area contributed by atoms with Gasteiger partial charge in [-0.25, -0.2) is 0 Å². The average molecular weight is 697 g/mol. The van der Waals surface area contributed by atoms with Gasteiger partial charge < -0.3 is 27.4 Å². The Balaban J connectivity index is 1.16. The Morgan fingerprint density at radius 3 is 2.25 bits per heavy atom. The van der Waals surface area contributed by atoms with Crippen molar-refractivity contribution in [3.8, 4) is 0 Å². The fourth-order valence-corrected chi connectivity index (χ4v) is 7.84. The minimum absolute atomic E-state index is 0.206. The van der Waals surface area contributed by atoms with Crippen LogP contribution in [-0.2, 0) is 0 Å². The zero-order valence-corrected chi connectivity index (χ0v) is 31.7. The topological polar surface area (TPSA) is 96.6 Å². The van der Waals surface area contributed by atoms with Crippen LogP contribution in [0.3, 0.4) is 0 Å². The van der Waals surface area contributed by atoms with Crippen molar-refractivity contribution in [2.45, 2.75) is 90.3 Å². The lowest BCUT2D eigenvalue weighted by atomic mass is 9.88. The number of rotatable bonds is 15. The summed E-state index contributed by atoms with van der Waals surface area (Å²) in [4.78, 5) is 4.90. The van der Waals surface area contributed by atoms with E-state index >= 15 is 0 Å². The molecule has 0 saturated heterocycles. The first kappa shape index (κ1) is 38.3. The normalized spacial score (nSPS) is 18.5. The molecule has 2 aliphatic rings. The molecule has 3 aromatic carbocycles. The largest absolute Gasteiger partial charge is 0.398 e. The van der Waals surface area contributed by atoms with Crippen molar-refractivity contribution in [2.24, 2.45) is 17.2 Å². The van der Waals surface area contributed by atoms with E-state index in [1.165, 1.54) is 48.1 Å². The summed E-state index contributed by atoms with van der Waals surface area (Å²) >= 11 is 0. The van der Waals surface area contributed by atoms with Gasteiger partial charge in [0.05, 0.1) is 6.04 Å². The summed E-state index contributed by atoms with van der Waals surface area (Å²) in [7, 11) is 0. The van der Waals surface area contributed by atoms with Crippen LogP contribution in [0.4, 0.5) is 5.69 Å². The van der Waals surface area contributed by atoms with Gasteiger partial charge in [0.2, 0.25) is 0 Å². The molecule has 1 aliphatic carbocycles. The molecule has 6 nitrogen and oxygen atoms in total. The molecule has 0 bridgehead atoms. The second-order valence-corrected chi connectivity index (χ2v) is 14.6. The molecule has 6 heteroatoms. The molecule has 3 aromatic rings. The zero-order chi connectivity index (χ0) is 37.2. The maximum atomic E-state index is 6.39. The fourth-order valence-electron chi connectivity index (χ4n) is 7.84. The van der Waals surface area contributed by atoms with E-state index in [-0.39, 0.29) is 11.9 Å². The van der Waals surface area contributed by atoms with E-state index in [0.717, 1.165) is 72.3 Å². The molecule has 0 aromatic heterocycles. The molecule has 1 saturated carbocycles. The van der Waals surface area contributed by atoms with Gasteiger partial charge in [-0.3, -0.25) is 4.90 Å². The van der Waals surface area contributed by atoms with Crippen LogP contribution in [0.25, 0.3) is 22.5 Å². The summed E-state index contributed by atoms with van der Waals surface area (Å²) in [6.07, 6.45) is 15.3. The number of nitrogens with zero attached hydrogens (tertiary/aromatic N) is 2. The third-order valence-electron chi connectivity index (χ3n) is 11.0. The molecular weight excluding hydrogens is 637 g/mol. The van der Waals surface area contributed by atoms with E-state index in [1.54, 1.807) is 0 Å². The van der Waals surface area contributed by atoms with Crippen LogP contribution in [0.1, 0.15) is 93.0 Å². The van der Waals surface area contributed by atoms with Crippen LogP contribution >= 0.6 is 0 Å². The van der Waals surface area contributed by atoms with Crippen LogP contribution in [0, 0.1) is 6.92 Å². The standard InChI is InChI=1S/C46H60N6/c1-7-9-18-45(32(3)4)52(8-2)34(6)41-16-13-17-44(33(41)5)50-39-23-25-40(26-24-39)51-29-27-36(28-30-51)35-19-21-37(22-20-35)42(46(48)49)31-43(47)38-14-11-10-12-15-38/h8,10-17,19-22,27,31,39-40,45,50H,2-3,6-7,9,18,23-26,28-30,47-49H2,1,4-5H3/b43-31-. The second-order valence-electron chi connectivity index (χ2n) is 14.6. The summed E-state index contributed by atoms with van der Waals surface area (Å²) in [5.74, 6) is 0.253. The molecular formula is C46H60N6. The molecule has 1 unspecified atom stereocenters. The van der Waals surface area contributed by atoms with Crippen LogP contribution in [0.15, 0.2) is 122 Å². The second kappa shape index (κ2) is 18.0. The number of hydrogen-bond donors (Lipinski definition) is 4. The van der Waals surface area contributed by atoms with E-state index in [2.05, 4.69) is 104 Å². The minimum Gasteiger partial charge on any atom is -0.398 e. The average Bonchev–Trinajstić information content (AvgIpc) is 3.16. The third kappa shape index (κ3) is 9.29. The van der Waals surface area contributed by atoms with Gasteiger partial charge in [-0.05, 0) is 98.5 Å². The number of unbranched alkanes of at least 4 members (excludes halogenated alkanes) is 1. The highest BCUT2D eigenvalue weighted by Crippen LogP contribution is 2.34. The first-order valence-corrected chi connectivity index (χ1v) is 19.0. The highest BCUT2D eigenvalue weighted by atomic mass is 15.2. The predicted molar refractivity (Wildman–Crippen MR) is 225 cm³/mol. The number of anilines is 1. The quantitative estimate of drug-likeness (QED) is 0.0934. The van der Waals surface area contributed by atoms with E-state index in [0.29, 0.717) is 17.8 Å². The Hall–Kier alpha value is -4.94. The summed E-state index contributed by atoms with van der Waals surface area (Å²) < 4.78 is 0. The Labute approximate surface area is 313 Å². The van der Waals surface area contributed by atoms with Crippen molar-refractivity contribution in [1.29, 1.82) is 0 Å². The lowest BCUT2D eigenvalue weighted by Crippen LogP contribution is -2.42. The molecule has 1 fully saturated rings. The molecule has 0 spiro atoms. The van der Waals surface area contributed by atoms with Crippen LogP contribution in [0.5, 0.6) is 0 Å². The van der Waals surface area contributed by atoms with E-state index in [9.17, 15) is 0 Å². The summed E-state index contributed by atoms with van der Waals surface area (Å²) in [5.41, 5.74) is 30.2. The molecule has 1 heterocycles. The number of nitrogens with one attached hydrogen (secondary N) is 1.